The van der Waals surface area contributed by atoms with Gasteiger partial charge in [-0.15, -0.1) is 11.8 Å². The normalized spacial score (nSPS) is 36.2. The van der Waals surface area contributed by atoms with E-state index in [9.17, 15) is 16.8 Å². The first-order chi connectivity index (χ1) is 42.0. The van der Waals surface area contributed by atoms with Crippen LogP contribution in [0.3, 0.4) is 0 Å². The van der Waals surface area contributed by atoms with Crippen molar-refractivity contribution >= 4 is 32.6 Å². The topological polar surface area (TPSA) is 228 Å². The number of hydrogen-bond donors (Lipinski definition) is 1. The number of nitrogens with one attached hydrogen (secondary N) is 1. The van der Waals surface area contributed by atoms with Crippen LogP contribution in [0.15, 0.2) is 182 Å². The van der Waals surface area contributed by atoms with Gasteiger partial charge in [-0.25, -0.2) is 16.7 Å². The summed E-state index contributed by atoms with van der Waals surface area (Å²) in [5, 5.41) is 4.14. The predicted octanol–water partition coefficient (Wildman–Crippen LogP) is 7.78. The van der Waals surface area contributed by atoms with E-state index in [1.807, 2.05) is 194 Å². The molecule has 0 radical (unpaired) electrons. The Bertz CT molecular complexity index is 2990. The second kappa shape index (κ2) is 27.3. The lowest BCUT2D eigenvalue weighted by Crippen LogP contribution is -2.49. The smallest absolute Gasteiger partial charge is 0.347 e. The van der Waals surface area contributed by atoms with E-state index in [-0.39, 0.29) is 88.1 Å². The summed E-state index contributed by atoms with van der Waals surface area (Å²) in [4.78, 5) is 0. The minimum atomic E-state index is -3.90. The third-order valence-electron chi connectivity index (χ3n) is 15.7. The van der Waals surface area contributed by atoms with Crippen molar-refractivity contribution in [2.24, 2.45) is 0 Å². The summed E-state index contributed by atoms with van der Waals surface area (Å²) in [6.45, 7) is 2.81. The maximum absolute atomic E-state index is 11.1. The van der Waals surface area contributed by atoms with Crippen LogP contribution in [0, 0.1) is 0 Å². The van der Waals surface area contributed by atoms with Crippen molar-refractivity contribution in [2.45, 2.75) is 109 Å². The first kappa shape index (κ1) is 59.8. The first-order valence-corrected chi connectivity index (χ1v) is 32.1. The fourth-order valence-corrected chi connectivity index (χ4v) is 14.6. The van der Waals surface area contributed by atoms with Gasteiger partial charge in [0, 0.05) is 33.4 Å². The number of thioether (sulfide) groups is 1. The van der Waals surface area contributed by atoms with Crippen molar-refractivity contribution in [3.05, 3.63) is 215 Å². The molecule has 86 heavy (non-hydrogen) atoms. The molecule has 10 saturated heterocycles. The van der Waals surface area contributed by atoms with Crippen LogP contribution in [0.5, 0.6) is 0 Å². The van der Waals surface area contributed by atoms with E-state index in [1.54, 1.807) is 0 Å². The quantitative estimate of drug-likeness (QED) is 0.168. The number of ether oxygens (including phenoxy) is 12. The van der Waals surface area contributed by atoms with Crippen LogP contribution in [0.4, 0.5) is 0 Å². The summed E-state index contributed by atoms with van der Waals surface area (Å²) in [5.74, 6) is 0. The van der Waals surface area contributed by atoms with E-state index in [1.165, 1.54) is 0 Å². The van der Waals surface area contributed by atoms with Gasteiger partial charge in [0.25, 0.3) is 0 Å². The summed E-state index contributed by atoms with van der Waals surface area (Å²) in [7, 11) is -7.79. The van der Waals surface area contributed by atoms with Crippen molar-refractivity contribution in [1.29, 1.82) is 0 Å². The van der Waals surface area contributed by atoms with Gasteiger partial charge in [-0.1, -0.05) is 182 Å². The Labute approximate surface area is 503 Å². The Hall–Kier alpha value is -5.11. The molecule has 0 amide bonds. The van der Waals surface area contributed by atoms with Gasteiger partial charge in [0.2, 0.25) is 0 Å². The van der Waals surface area contributed by atoms with Gasteiger partial charge < -0.3 is 62.2 Å². The van der Waals surface area contributed by atoms with Crippen LogP contribution < -0.4 is 5.32 Å². The van der Waals surface area contributed by atoms with E-state index in [0.717, 1.165) is 33.4 Å². The van der Waals surface area contributed by atoms with Crippen molar-refractivity contribution in [1.82, 2.24) is 5.32 Å². The summed E-state index contributed by atoms with van der Waals surface area (Å²) < 4.78 is 134. The van der Waals surface area contributed by atoms with Crippen LogP contribution in [0.1, 0.15) is 71.1 Å². The fourth-order valence-electron chi connectivity index (χ4n) is 11.4. The van der Waals surface area contributed by atoms with Gasteiger partial charge in [-0.2, -0.15) is 16.8 Å². The second-order valence-corrected chi connectivity index (χ2v) is 25.4. The third-order valence-corrected chi connectivity index (χ3v) is 19.0. The molecular weight excluding hydrogens is 1170 g/mol. The molecule has 10 aliphatic heterocycles. The Kier molecular flexibility index (Phi) is 19.0. The Morgan fingerprint density at radius 2 is 0.570 bits per heavy atom. The monoisotopic (exact) mass is 1240 g/mol. The molecule has 0 bridgehead atoms. The number of rotatable bonds is 6. The Morgan fingerprint density at radius 1 is 0.302 bits per heavy atom. The minimum Gasteiger partial charge on any atom is -0.347 e. The Balaban J connectivity index is 0.000000108. The molecule has 0 aromatic heterocycles. The fraction of sp³-hybridized carbons (Fsp3) is 0.419. The van der Waals surface area contributed by atoms with Crippen LogP contribution in [-0.4, -0.2) is 141 Å². The highest BCUT2D eigenvalue weighted by Gasteiger charge is 2.54. The van der Waals surface area contributed by atoms with Gasteiger partial charge in [0.05, 0.1) is 75.4 Å². The summed E-state index contributed by atoms with van der Waals surface area (Å²) in [6.07, 6.45) is -4.51. The molecule has 10 fully saturated rings. The lowest BCUT2D eigenvalue weighted by atomic mass is 10.0. The molecular formula is C62H65NO20S3. The molecule has 21 nitrogen and oxygen atoms in total. The van der Waals surface area contributed by atoms with Gasteiger partial charge in [-0.05, 0) is 0 Å². The van der Waals surface area contributed by atoms with Gasteiger partial charge in [0.1, 0.15) is 48.8 Å². The highest BCUT2D eigenvalue weighted by atomic mass is 32.3. The molecule has 0 spiro atoms. The second-order valence-electron chi connectivity index (χ2n) is 21.5. The largest absolute Gasteiger partial charge is 0.400 e. The zero-order chi connectivity index (χ0) is 58.5. The lowest BCUT2D eigenvalue weighted by Gasteiger charge is -2.38. The van der Waals surface area contributed by atoms with E-state index < -0.39 is 57.8 Å². The van der Waals surface area contributed by atoms with Crippen molar-refractivity contribution in [3.63, 3.8) is 0 Å². The molecule has 18 atom stereocenters. The van der Waals surface area contributed by atoms with Crippen molar-refractivity contribution in [2.75, 3.05) is 52.9 Å². The standard InChI is InChI=1S/C20H21NO4.C20H20O4S.2C11H12O6S/c1-3-7-13(8-4-1)19-22-11-15-17(24-19)18-16(21-15)12-23-20(25-18)14-9-5-2-6-10-14;1-3-7-13(8-4-1)19-21-11-15-17(23-19)18-16(25-15)12-22-20(24-18)14-9-5-2-6-10-14;2*12-18(13)15-7-9-10(17-18)6-14-11(16-9)8-4-2-1-3-5-8/h1-10,15-21H,11-12H2;1-10,15-20H,11-12H2;2*1-5,9-11H,6-7H2/t2*15-,16-,17+,18+,19+,20+;2*9-,10?,11?/m0010/s1. The van der Waals surface area contributed by atoms with Crippen LogP contribution in [0.25, 0.3) is 0 Å². The molecule has 6 aromatic carbocycles. The predicted molar refractivity (Wildman–Crippen MR) is 305 cm³/mol. The summed E-state index contributed by atoms with van der Waals surface area (Å²) in [5.41, 5.74) is 5.95. The number of hydrogen-bond acceptors (Lipinski definition) is 22. The Morgan fingerprint density at radius 3 is 0.884 bits per heavy atom. The highest BCUT2D eigenvalue weighted by Crippen LogP contribution is 2.48. The van der Waals surface area contributed by atoms with Crippen LogP contribution in [0.2, 0.25) is 0 Å². The number of benzene rings is 6. The van der Waals surface area contributed by atoms with E-state index in [4.69, 9.17) is 65.2 Å². The molecule has 456 valence electrons. The van der Waals surface area contributed by atoms with E-state index in [2.05, 4.69) is 13.7 Å². The average molecular weight is 1240 g/mol. The highest BCUT2D eigenvalue weighted by molar-refractivity contribution is 8.01. The third kappa shape index (κ3) is 14.3. The molecule has 0 saturated carbocycles. The van der Waals surface area contributed by atoms with E-state index >= 15 is 0 Å². The molecule has 16 rings (SSSR count). The molecule has 10 heterocycles. The van der Waals surface area contributed by atoms with Crippen LogP contribution >= 0.6 is 11.8 Å². The number of fused-ring (bicyclic) bond motifs is 8. The van der Waals surface area contributed by atoms with Crippen molar-refractivity contribution in [3.8, 4) is 0 Å². The molecule has 6 aromatic rings. The minimum absolute atomic E-state index is 0.0315. The van der Waals surface area contributed by atoms with Gasteiger partial charge in [0.15, 0.2) is 37.7 Å². The maximum Gasteiger partial charge on any atom is 0.400 e. The van der Waals surface area contributed by atoms with Gasteiger partial charge in [-0.3, -0.25) is 0 Å². The summed E-state index contributed by atoms with van der Waals surface area (Å²) in [6, 6.07) is 59.4. The molecule has 24 heteroatoms. The average Bonchev–Trinajstić information content (AvgIpc) is 2.23. The van der Waals surface area contributed by atoms with E-state index in [0.29, 0.717) is 36.9 Å². The molecule has 0 aliphatic carbocycles. The molecule has 4 unspecified atom stereocenters. The molecule has 1 N–H and O–H groups in total. The lowest BCUT2D eigenvalue weighted by molar-refractivity contribution is -0.278. The zero-order valence-corrected chi connectivity index (χ0v) is 48.7. The zero-order valence-electron chi connectivity index (χ0n) is 46.3. The summed E-state index contributed by atoms with van der Waals surface area (Å²) >= 11 is 1.87. The van der Waals surface area contributed by atoms with Crippen LogP contribution in [-0.2, 0) is 94.4 Å². The maximum atomic E-state index is 11.1. The molecule has 10 aliphatic rings. The first-order valence-electron chi connectivity index (χ1n) is 28.5. The SMILES string of the molecule is O=S1(=O)OC[C@@H]2OC(c3ccccc3)OCC2O1.O=S1(=O)OC[C@H]2OC(c3ccccc3)OCC2O1.c1ccc([C@@H]2OC[C@@H]3N[C@H]4CO[C@@H](c5ccccc5)O[C@H]4[C@@H]3O2)cc1.c1ccc([C@@H]2OC[C@@H]3S[C@H]4CO[C@@H](c5ccccc5)O[C@H]4[C@@H]3O2)cc1. The van der Waals surface area contributed by atoms with Crippen molar-refractivity contribution < 1.29 is 90.4 Å². The van der Waals surface area contributed by atoms with Gasteiger partial charge >= 0.3 is 20.8 Å².